The van der Waals surface area contributed by atoms with Gasteiger partial charge in [-0.2, -0.15) is 0 Å². The summed E-state index contributed by atoms with van der Waals surface area (Å²) in [5.41, 5.74) is 0.500. The first-order chi connectivity index (χ1) is 9.95. The highest BCUT2D eigenvalue weighted by atomic mass is 32.2. The monoisotopic (exact) mass is 323 g/mol. The summed E-state index contributed by atoms with van der Waals surface area (Å²) in [6.07, 6.45) is 1.12. The Morgan fingerprint density at radius 3 is 2.76 bits per heavy atom. The Morgan fingerprint density at radius 1 is 1.33 bits per heavy atom. The van der Waals surface area contributed by atoms with Gasteiger partial charge in [0.15, 0.2) is 5.13 Å². The summed E-state index contributed by atoms with van der Waals surface area (Å²) in [6.45, 7) is 0. The minimum atomic E-state index is -3.87. The molecule has 2 heterocycles. The number of carboxylic acids is 1. The van der Waals surface area contributed by atoms with Crippen LogP contribution >= 0.6 is 11.3 Å². The summed E-state index contributed by atoms with van der Waals surface area (Å²) >= 11 is 1.20. The normalized spacial score (nSPS) is 11.6. The number of hydrogen-bond acceptors (Lipinski definition) is 5. The molecule has 21 heavy (non-hydrogen) atoms. The van der Waals surface area contributed by atoms with Gasteiger partial charge in [-0.25, -0.2) is 18.2 Å². The minimum Gasteiger partial charge on any atom is -0.477 e. The Kier molecular flexibility index (Phi) is 3.15. The van der Waals surface area contributed by atoms with Gasteiger partial charge in [0.25, 0.3) is 10.0 Å². The Labute approximate surface area is 123 Å². The maximum atomic E-state index is 12.2. The van der Waals surface area contributed by atoms with Gasteiger partial charge in [-0.1, -0.05) is 23.5 Å². The molecule has 3 aromatic rings. The van der Waals surface area contributed by atoms with E-state index in [-0.39, 0.29) is 15.7 Å². The van der Waals surface area contributed by atoms with Crippen molar-refractivity contribution in [3.8, 4) is 0 Å². The fraction of sp³-hybridized carbons (Fsp3) is 0. The molecule has 0 amide bonds. The van der Waals surface area contributed by atoms with Crippen LogP contribution in [0, 0.1) is 0 Å². The number of fused-ring (bicyclic) bond motifs is 1. The molecule has 0 aliphatic rings. The lowest BCUT2D eigenvalue weighted by atomic mass is 10.3. The molecule has 0 aliphatic carbocycles. The van der Waals surface area contributed by atoms with E-state index in [1.807, 2.05) is 18.2 Å². The second kappa shape index (κ2) is 4.86. The summed E-state index contributed by atoms with van der Waals surface area (Å²) in [7, 11) is -3.87. The summed E-state index contributed by atoms with van der Waals surface area (Å²) < 4.78 is 27.5. The molecule has 108 valence electrons. The number of carboxylic acid groups (broad SMARTS) is 1. The number of hydrogen-bond donors (Lipinski definition) is 3. The third-order valence-corrected chi connectivity index (χ3v) is 5.11. The molecule has 7 nitrogen and oxygen atoms in total. The third-order valence-electron chi connectivity index (χ3n) is 2.71. The largest absolute Gasteiger partial charge is 0.477 e. The summed E-state index contributed by atoms with van der Waals surface area (Å²) in [5.74, 6) is -1.23. The Bertz CT molecular complexity index is 894. The number of nitrogens with zero attached hydrogens (tertiary/aromatic N) is 1. The fourth-order valence-electron chi connectivity index (χ4n) is 1.74. The second-order valence-corrected chi connectivity index (χ2v) is 6.86. The van der Waals surface area contributed by atoms with Crippen molar-refractivity contribution in [3.63, 3.8) is 0 Å². The van der Waals surface area contributed by atoms with Crippen LogP contribution in [0.25, 0.3) is 10.2 Å². The van der Waals surface area contributed by atoms with Crippen LogP contribution in [-0.2, 0) is 10.0 Å². The van der Waals surface area contributed by atoms with Crippen molar-refractivity contribution in [3.05, 3.63) is 42.2 Å². The minimum absolute atomic E-state index is 0.154. The van der Waals surface area contributed by atoms with E-state index in [1.165, 1.54) is 11.3 Å². The molecule has 0 aliphatic heterocycles. The molecule has 9 heteroatoms. The lowest BCUT2D eigenvalue weighted by molar-refractivity contribution is 0.0691. The standard InChI is InChI=1S/C12H9N3O4S2/c16-11(17)9-5-7(6-13-9)21(18,19)15-12-14-8-3-1-2-4-10(8)20-12/h1-6,13H,(H,14,15)(H,16,17). The summed E-state index contributed by atoms with van der Waals surface area (Å²) in [4.78, 5) is 17.2. The highest BCUT2D eigenvalue weighted by Gasteiger charge is 2.19. The van der Waals surface area contributed by atoms with Gasteiger partial charge in [0.05, 0.1) is 10.2 Å². The maximum Gasteiger partial charge on any atom is 0.352 e. The van der Waals surface area contributed by atoms with Crippen molar-refractivity contribution in [2.45, 2.75) is 4.90 Å². The van der Waals surface area contributed by atoms with Crippen molar-refractivity contribution < 1.29 is 18.3 Å². The number of rotatable bonds is 4. The van der Waals surface area contributed by atoms with Crippen molar-refractivity contribution in [2.24, 2.45) is 0 Å². The van der Waals surface area contributed by atoms with Gasteiger partial charge in [-0.15, -0.1) is 0 Å². The van der Waals surface area contributed by atoms with E-state index in [2.05, 4.69) is 14.7 Å². The van der Waals surface area contributed by atoms with Gasteiger partial charge in [-0.3, -0.25) is 4.72 Å². The Balaban J connectivity index is 1.93. The first kappa shape index (κ1) is 13.6. The number of aromatic nitrogens is 2. The number of thiazole rings is 1. The highest BCUT2D eigenvalue weighted by Crippen LogP contribution is 2.27. The van der Waals surface area contributed by atoms with Crippen LogP contribution in [0.2, 0.25) is 0 Å². The predicted octanol–water partition coefficient (Wildman–Crippen LogP) is 2.12. The van der Waals surface area contributed by atoms with Gasteiger partial charge >= 0.3 is 5.97 Å². The fourth-order valence-corrected chi connectivity index (χ4v) is 3.84. The number of carbonyl (C=O) groups is 1. The molecule has 3 N–H and O–H groups in total. The average Bonchev–Trinajstić information content (AvgIpc) is 3.04. The molecular weight excluding hydrogens is 314 g/mol. The smallest absolute Gasteiger partial charge is 0.352 e. The van der Waals surface area contributed by atoms with E-state index in [1.54, 1.807) is 6.07 Å². The van der Waals surface area contributed by atoms with Crippen molar-refractivity contribution in [1.82, 2.24) is 9.97 Å². The van der Waals surface area contributed by atoms with E-state index in [0.717, 1.165) is 17.0 Å². The number of benzene rings is 1. The number of anilines is 1. The highest BCUT2D eigenvalue weighted by molar-refractivity contribution is 7.93. The molecule has 0 radical (unpaired) electrons. The number of para-hydroxylation sites is 1. The van der Waals surface area contributed by atoms with E-state index in [4.69, 9.17) is 5.11 Å². The van der Waals surface area contributed by atoms with Crippen molar-refractivity contribution in [1.29, 1.82) is 0 Å². The van der Waals surface area contributed by atoms with Crippen LogP contribution < -0.4 is 4.72 Å². The van der Waals surface area contributed by atoms with Gasteiger partial charge in [-0.05, 0) is 18.2 Å². The zero-order valence-corrected chi connectivity index (χ0v) is 12.0. The molecule has 0 fully saturated rings. The maximum absolute atomic E-state index is 12.2. The van der Waals surface area contributed by atoms with Gasteiger partial charge in [0, 0.05) is 6.20 Å². The topological polar surface area (TPSA) is 112 Å². The van der Waals surface area contributed by atoms with Crippen LogP contribution in [0.5, 0.6) is 0 Å². The molecule has 0 bridgehead atoms. The Hall–Kier alpha value is -2.39. The number of sulfonamides is 1. The van der Waals surface area contributed by atoms with Crippen LogP contribution in [0.4, 0.5) is 5.13 Å². The quantitative estimate of drug-likeness (QED) is 0.681. The number of aromatic amines is 1. The van der Waals surface area contributed by atoms with E-state index in [9.17, 15) is 13.2 Å². The molecule has 0 unspecified atom stereocenters. The molecule has 0 spiro atoms. The first-order valence-electron chi connectivity index (χ1n) is 5.76. The molecule has 2 aromatic heterocycles. The third kappa shape index (κ3) is 2.60. The van der Waals surface area contributed by atoms with Crippen LogP contribution in [0.15, 0.2) is 41.4 Å². The molecule has 0 saturated heterocycles. The van der Waals surface area contributed by atoms with Crippen LogP contribution in [0.1, 0.15) is 10.5 Å². The van der Waals surface area contributed by atoms with Crippen molar-refractivity contribution >= 4 is 42.7 Å². The lowest BCUT2D eigenvalue weighted by Gasteiger charge is -2.01. The molecule has 0 atom stereocenters. The molecular formula is C12H9N3O4S2. The Morgan fingerprint density at radius 2 is 2.10 bits per heavy atom. The SMILES string of the molecule is O=C(O)c1cc(S(=O)(=O)Nc2nc3ccccc3s2)c[nH]1. The lowest BCUT2D eigenvalue weighted by Crippen LogP contribution is -2.11. The zero-order valence-electron chi connectivity index (χ0n) is 10.4. The van der Waals surface area contributed by atoms with E-state index in [0.29, 0.717) is 5.52 Å². The second-order valence-electron chi connectivity index (χ2n) is 4.15. The van der Waals surface area contributed by atoms with E-state index >= 15 is 0 Å². The van der Waals surface area contributed by atoms with Gasteiger partial charge in [0.1, 0.15) is 10.6 Å². The average molecular weight is 323 g/mol. The molecule has 0 saturated carbocycles. The van der Waals surface area contributed by atoms with Crippen LogP contribution in [0.3, 0.4) is 0 Å². The summed E-state index contributed by atoms with van der Waals surface area (Å²) in [5, 5.41) is 9.02. The first-order valence-corrected chi connectivity index (χ1v) is 8.06. The van der Waals surface area contributed by atoms with E-state index < -0.39 is 16.0 Å². The van der Waals surface area contributed by atoms with Crippen molar-refractivity contribution in [2.75, 3.05) is 4.72 Å². The number of H-pyrrole nitrogens is 1. The zero-order chi connectivity index (χ0) is 15.0. The summed E-state index contributed by atoms with van der Waals surface area (Å²) in [6, 6.07) is 8.32. The number of aromatic carboxylic acids is 1. The number of nitrogens with one attached hydrogen (secondary N) is 2. The van der Waals surface area contributed by atoms with Gasteiger partial charge < -0.3 is 10.1 Å². The molecule has 3 rings (SSSR count). The molecule has 1 aromatic carbocycles. The van der Waals surface area contributed by atoms with Crippen LogP contribution in [-0.4, -0.2) is 29.5 Å². The predicted molar refractivity (Wildman–Crippen MR) is 78.2 cm³/mol. The van der Waals surface area contributed by atoms with Gasteiger partial charge in [0.2, 0.25) is 0 Å².